The number of ether oxygens (including phenoxy) is 2. The molecule has 0 radical (unpaired) electrons. The molecule has 0 spiro atoms. The Balaban J connectivity index is 1.67. The third-order valence-corrected chi connectivity index (χ3v) is 4.00. The maximum absolute atomic E-state index is 12.1. The van der Waals surface area contributed by atoms with E-state index in [-0.39, 0.29) is 18.4 Å². The van der Waals surface area contributed by atoms with Gasteiger partial charge in [0, 0.05) is 12.7 Å². The minimum absolute atomic E-state index is 0.0230. The molecular formula is C19H20N2O4. The van der Waals surface area contributed by atoms with Gasteiger partial charge in [-0.25, -0.2) is 0 Å². The molecule has 0 fully saturated rings. The van der Waals surface area contributed by atoms with Gasteiger partial charge in [0.2, 0.25) is 5.91 Å². The Morgan fingerprint density at radius 3 is 2.88 bits per heavy atom. The summed E-state index contributed by atoms with van der Waals surface area (Å²) in [6, 6.07) is 12.7. The molecule has 0 unspecified atom stereocenters. The smallest absolute Gasteiger partial charge is 0.262 e. The van der Waals surface area contributed by atoms with Gasteiger partial charge in [-0.15, -0.1) is 0 Å². The van der Waals surface area contributed by atoms with E-state index in [2.05, 4.69) is 5.32 Å². The van der Waals surface area contributed by atoms with E-state index < -0.39 is 0 Å². The molecule has 0 saturated carbocycles. The van der Waals surface area contributed by atoms with Gasteiger partial charge in [0.15, 0.2) is 6.61 Å². The third-order valence-electron chi connectivity index (χ3n) is 4.00. The first-order chi connectivity index (χ1) is 12.0. The maximum Gasteiger partial charge on any atom is 0.262 e. The van der Waals surface area contributed by atoms with Crippen LogP contribution in [0.4, 0.5) is 11.4 Å². The monoisotopic (exact) mass is 340 g/mol. The number of nitrogens with one attached hydrogen (secondary N) is 1. The molecule has 0 atom stereocenters. The van der Waals surface area contributed by atoms with Crippen LogP contribution in [-0.2, 0) is 9.59 Å². The first-order valence-electron chi connectivity index (χ1n) is 8.06. The van der Waals surface area contributed by atoms with E-state index in [1.54, 1.807) is 30.1 Å². The lowest BCUT2D eigenvalue weighted by molar-refractivity contribution is -0.119. The highest BCUT2D eigenvalue weighted by molar-refractivity contribution is 5.97. The average Bonchev–Trinajstić information content (AvgIpc) is 2.74. The first kappa shape index (κ1) is 16.8. The summed E-state index contributed by atoms with van der Waals surface area (Å²) in [4.78, 5) is 25.6. The van der Waals surface area contributed by atoms with E-state index in [0.717, 1.165) is 5.56 Å². The summed E-state index contributed by atoms with van der Waals surface area (Å²) in [5.74, 6) is 1.01. The molecule has 0 aliphatic carbocycles. The summed E-state index contributed by atoms with van der Waals surface area (Å²) >= 11 is 0. The predicted octanol–water partition coefficient (Wildman–Crippen LogP) is 2.76. The van der Waals surface area contributed by atoms with Gasteiger partial charge in [0.25, 0.3) is 5.91 Å². The van der Waals surface area contributed by atoms with Gasteiger partial charge in [-0.05, 0) is 36.8 Å². The number of para-hydroxylation sites is 1. The van der Waals surface area contributed by atoms with Crippen LogP contribution in [0.1, 0.15) is 12.0 Å². The molecule has 0 bridgehead atoms. The number of aryl methyl sites for hydroxylation is 1. The van der Waals surface area contributed by atoms with Gasteiger partial charge >= 0.3 is 0 Å². The van der Waals surface area contributed by atoms with Gasteiger partial charge in [0.1, 0.15) is 11.5 Å². The average molecular weight is 340 g/mol. The van der Waals surface area contributed by atoms with Gasteiger partial charge < -0.3 is 19.7 Å². The number of nitrogens with zero attached hydrogens (tertiary/aromatic N) is 1. The molecule has 25 heavy (non-hydrogen) atoms. The van der Waals surface area contributed by atoms with E-state index in [1.807, 2.05) is 31.2 Å². The molecule has 1 aliphatic rings. The SMILES string of the molecule is Cc1ccccc1OCC(=O)Nc1ccc2c(c1)N(C)C(=O)CCO2. The van der Waals surface area contributed by atoms with Crippen LogP contribution in [0.2, 0.25) is 0 Å². The summed E-state index contributed by atoms with van der Waals surface area (Å²) in [5, 5.41) is 2.78. The molecule has 2 amide bonds. The minimum atomic E-state index is -0.272. The quantitative estimate of drug-likeness (QED) is 0.929. The zero-order valence-electron chi connectivity index (χ0n) is 14.2. The highest BCUT2D eigenvalue weighted by atomic mass is 16.5. The second kappa shape index (κ2) is 7.25. The summed E-state index contributed by atoms with van der Waals surface area (Å²) in [6.07, 6.45) is 0.330. The summed E-state index contributed by atoms with van der Waals surface area (Å²) < 4.78 is 11.1. The number of rotatable bonds is 4. The van der Waals surface area contributed by atoms with E-state index in [9.17, 15) is 9.59 Å². The molecule has 130 valence electrons. The van der Waals surface area contributed by atoms with Crippen LogP contribution in [0.25, 0.3) is 0 Å². The van der Waals surface area contributed by atoms with Crippen LogP contribution in [-0.4, -0.2) is 32.1 Å². The van der Waals surface area contributed by atoms with Crippen LogP contribution in [0.5, 0.6) is 11.5 Å². The van der Waals surface area contributed by atoms with Crippen LogP contribution < -0.4 is 19.7 Å². The lowest BCUT2D eigenvalue weighted by Crippen LogP contribution is -2.25. The highest BCUT2D eigenvalue weighted by Crippen LogP contribution is 2.33. The Kier molecular flexibility index (Phi) is 4.88. The van der Waals surface area contributed by atoms with Crippen molar-refractivity contribution in [3.63, 3.8) is 0 Å². The third kappa shape index (κ3) is 3.91. The zero-order chi connectivity index (χ0) is 17.8. The topological polar surface area (TPSA) is 67.9 Å². The molecule has 0 aromatic heterocycles. The zero-order valence-corrected chi connectivity index (χ0v) is 14.2. The fraction of sp³-hybridized carbons (Fsp3) is 0.263. The van der Waals surface area contributed by atoms with Crippen LogP contribution in [0.15, 0.2) is 42.5 Å². The van der Waals surface area contributed by atoms with Crippen molar-refractivity contribution in [1.82, 2.24) is 0 Å². The number of anilines is 2. The molecule has 1 heterocycles. The molecule has 3 rings (SSSR count). The Morgan fingerprint density at radius 1 is 1.28 bits per heavy atom. The van der Waals surface area contributed by atoms with Crippen molar-refractivity contribution >= 4 is 23.2 Å². The lowest BCUT2D eigenvalue weighted by atomic mass is 10.2. The summed E-state index contributed by atoms with van der Waals surface area (Å²) in [6.45, 7) is 2.19. The summed E-state index contributed by atoms with van der Waals surface area (Å²) in [7, 11) is 1.70. The first-order valence-corrected chi connectivity index (χ1v) is 8.06. The number of hydrogen-bond acceptors (Lipinski definition) is 4. The number of carbonyl (C=O) groups excluding carboxylic acids is 2. The number of benzene rings is 2. The molecule has 2 aromatic carbocycles. The molecule has 2 aromatic rings. The Hall–Kier alpha value is -3.02. The van der Waals surface area contributed by atoms with Crippen molar-refractivity contribution in [2.24, 2.45) is 0 Å². The van der Waals surface area contributed by atoms with Crippen molar-refractivity contribution in [2.45, 2.75) is 13.3 Å². The van der Waals surface area contributed by atoms with Crippen LogP contribution in [0, 0.1) is 6.92 Å². The molecule has 6 nitrogen and oxygen atoms in total. The Labute approximate surface area is 146 Å². The van der Waals surface area contributed by atoms with Crippen molar-refractivity contribution in [2.75, 3.05) is 30.5 Å². The molecule has 6 heteroatoms. The minimum Gasteiger partial charge on any atom is -0.491 e. The van der Waals surface area contributed by atoms with Gasteiger partial charge in [0.05, 0.1) is 18.7 Å². The lowest BCUT2D eigenvalue weighted by Gasteiger charge is -2.17. The van der Waals surface area contributed by atoms with Crippen molar-refractivity contribution < 1.29 is 19.1 Å². The predicted molar refractivity (Wildman–Crippen MR) is 95.3 cm³/mol. The number of hydrogen-bond donors (Lipinski definition) is 1. The second-order valence-electron chi connectivity index (χ2n) is 5.84. The van der Waals surface area contributed by atoms with E-state index in [4.69, 9.17) is 9.47 Å². The largest absolute Gasteiger partial charge is 0.491 e. The Morgan fingerprint density at radius 2 is 2.08 bits per heavy atom. The van der Waals surface area contributed by atoms with Crippen molar-refractivity contribution in [3.05, 3.63) is 48.0 Å². The normalized spacial score (nSPS) is 13.5. The van der Waals surface area contributed by atoms with Crippen LogP contribution in [0.3, 0.4) is 0 Å². The van der Waals surface area contributed by atoms with Crippen LogP contribution >= 0.6 is 0 Å². The molecular weight excluding hydrogens is 320 g/mol. The van der Waals surface area contributed by atoms with Crippen molar-refractivity contribution in [1.29, 1.82) is 0 Å². The standard InChI is InChI=1S/C19H20N2O4/c1-13-5-3-4-6-16(13)25-12-18(22)20-14-7-8-17-15(11-14)21(2)19(23)9-10-24-17/h3-8,11H,9-10,12H2,1-2H3,(H,20,22). The fourth-order valence-electron chi connectivity index (χ4n) is 2.59. The fourth-order valence-corrected chi connectivity index (χ4v) is 2.59. The van der Waals surface area contributed by atoms with E-state index in [0.29, 0.717) is 35.9 Å². The van der Waals surface area contributed by atoms with E-state index >= 15 is 0 Å². The number of amides is 2. The van der Waals surface area contributed by atoms with Crippen molar-refractivity contribution in [3.8, 4) is 11.5 Å². The van der Waals surface area contributed by atoms with E-state index in [1.165, 1.54) is 0 Å². The molecule has 0 saturated heterocycles. The summed E-state index contributed by atoms with van der Waals surface area (Å²) in [5.41, 5.74) is 2.19. The number of carbonyl (C=O) groups is 2. The Bertz CT molecular complexity index is 804. The van der Waals surface area contributed by atoms with Gasteiger partial charge in [-0.3, -0.25) is 9.59 Å². The molecule has 1 aliphatic heterocycles. The maximum atomic E-state index is 12.1. The van der Waals surface area contributed by atoms with Gasteiger partial charge in [-0.1, -0.05) is 18.2 Å². The highest BCUT2D eigenvalue weighted by Gasteiger charge is 2.20. The number of fused-ring (bicyclic) bond motifs is 1. The van der Waals surface area contributed by atoms with Gasteiger partial charge in [-0.2, -0.15) is 0 Å². The second-order valence-corrected chi connectivity index (χ2v) is 5.84. The molecule has 1 N–H and O–H groups in total.